The number of benzene rings is 1. The predicted octanol–water partition coefficient (Wildman–Crippen LogP) is 3.17. The molecule has 0 aliphatic heterocycles. The first-order valence-corrected chi connectivity index (χ1v) is 7.87. The van der Waals surface area contributed by atoms with Crippen LogP contribution in [-0.4, -0.2) is 21.4 Å². The zero-order chi connectivity index (χ0) is 15.2. The smallest absolute Gasteiger partial charge is 0.224 e. The van der Waals surface area contributed by atoms with Crippen molar-refractivity contribution in [2.45, 2.75) is 17.7 Å². The largest absolute Gasteiger partial charge is 0.397 e. The van der Waals surface area contributed by atoms with Crippen molar-refractivity contribution >= 4 is 40.6 Å². The number of carbonyl (C=O) groups is 1. The lowest BCUT2D eigenvalue weighted by atomic mass is 10.2. The molecule has 0 aliphatic carbocycles. The minimum absolute atomic E-state index is 0.0455. The molecule has 0 unspecified atom stereocenters. The fraction of sp³-hybridized carbons (Fsp3) is 0.286. The Morgan fingerprint density at radius 1 is 1.52 bits per heavy atom. The number of anilines is 2. The quantitative estimate of drug-likeness (QED) is 0.486. The number of nitrogens with two attached hydrogens (primary N) is 1. The summed E-state index contributed by atoms with van der Waals surface area (Å²) >= 11 is 7.50. The highest BCUT2D eigenvalue weighted by atomic mass is 35.5. The van der Waals surface area contributed by atoms with Crippen LogP contribution in [0.3, 0.4) is 0 Å². The van der Waals surface area contributed by atoms with E-state index >= 15 is 0 Å². The van der Waals surface area contributed by atoms with Crippen LogP contribution >= 0.6 is 23.4 Å². The molecule has 1 amide bonds. The highest BCUT2D eigenvalue weighted by molar-refractivity contribution is 7.99. The zero-order valence-electron chi connectivity index (χ0n) is 11.7. The van der Waals surface area contributed by atoms with Crippen LogP contribution in [0.4, 0.5) is 11.4 Å². The van der Waals surface area contributed by atoms with Gasteiger partial charge in [-0.3, -0.25) is 9.48 Å². The van der Waals surface area contributed by atoms with Crippen molar-refractivity contribution in [1.82, 2.24) is 9.78 Å². The summed E-state index contributed by atoms with van der Waals surface area (Å²) in [4.78, 5) is 13.0. The number of nitrogens with one attached hydrogen (secondary N) is 1. The van der Waals surface area contributed by atoms with E-state index in [1.54, 1.807) is 34.6 Å². The summed E-state index contributed by atoms with van der Waals surface area (Å²) in [5.41, 5.74) is 6.86. The molecule has 0 saturated carbocycles. The van der Waals surface area contributed by atoms with Gasteiger partial charge in [0.05, 0.1) is 17.6 Å². The molecule has 2 rings (SSSR count). The highest BCUT2D eigenvalue weighted by Crippen LogP contribution is 2.23. The molecule has 1 aromatic carbocycles. The molecular weight excluding hydrogens is 308 g/mol. The Morgan fingerprint density at radius 2 is 2.33 bits per heavy atom. The van der Waals surface area contributed by atoms with Gasteiger partial charge in [-0.2, -0.15) is 5.10 Å². The van der Waals surface area contributed by atoms with Crippen molar-refractivity contribution < 1.29 is 4.79 Å². The molecule has 0 atom stereocenters. The van der Waals surface area contributed by atoms with Gasteiger partial charge in [-0.05, 0) is 30.4 Å². The molecule has 21 heavy (non-hydrogen) atoms. The molecule has 1 aromatic heterocycles. The third-order valence-corrected chi connectivity index (χ3v) is 4.06. The second-order valence-corrected chi connectivity index (χ2v) is 6.19. The van der Waals surface area contributed by atoms with Gasteiger partial charge in [0.15, 0.2) is 0 Å². The first-order chi connectivity index (χ1) is 10.0. The summed E-state index contributed by atoms with van der Waals surface area (Å²) in [5.74, 6) is 0.825. The lowest BCUT2D eigenvalue weighted by Gasteiger charge is -2.08. The van der Waals surface area contributed by atoms with E-state index in [9.17, 15) is 4.79 Å². The summed E-state index contributed by atoms with van der Waals surface area (Å²) in [7, 11) is 1.88. The molecular formula is C14H17ClN4OS. The minimum Gasteiger partial charge on any atom is -0.397 e. The molecule has 2 aromatic rings. The Labute approximate surface area is 132 Å². The van der Waals surface area contributed by atoms with Crippen LogP contribution in [0.2, 0.25) is 5.02 Å². The number of nitrogens with zero attached hydrogens (tertiary/aromatic N) is 2. The van der Waals surface area contributed by atoms with Gasteiger partial charge in [-0.25, -0.2) is 0 Å². The molecule has 7 heteroatoms. The lowest BCUT2D eigenvalue weighted by Crippen LogP contribution is -2.12. The molecule has 0 saturated heterocycles. The van der Waals surface area contributed by atoms with Crippen molar-refractivity contribution in [2.75, 3.05) is 16.8 Å². The van der Waals surface area contributed by atoms with Crippen molar-refractivity contribution in [2.24, 2.45) is 7.05 Å². The van der Waals surface area contributed by atoms with Gasteiger partial charge < -0.3 is 11.1 Å². The molecule has 0 radical (unpaired) electrons. The maximum Gasteiger partial charge on any atom is 0.224 e. The third kappa shape index (κ3) is 4.99. The average molecular weight is 325 g/mol. The number of nitrogen functional groups attached to an aromatic ring is 1. The van der Waals surface area contributed by atoms with Crippen LogP contribution in [0.1, 0.15) is 12.8 Å². The van der Waals surface area contributed by atoms with E-state index in [1.165, 1.54) is 0 Å². The predicted molar refractivity (Wildman–Crippen MR) is 87.7 cm³/mol. The summed E-state index contributed by atoms with van der Waals surface area (Å²) in [6, 6.07) is 5.03. The van der Waals surface area contributed by atoms with Gasteiger partial charge in [-0.15, -0.1) is 11.8 Å². The van der Waals surface area contributed by atoms with Crippen molar-refractivity contribution in [3.05, 3.63) is 35.6 Å². The standard InChI is InChI=1S/C14H17ClN4OS/c1-19-9-11(8-17-19)21-6-2-3-14(20)18-13-5-4-10(15)7-12(13)16/h4-5,7-9H,2-3,6,16H2,1H3,(H,18,20). The van der Waals surface area contributed by atoms with E-state index < -0.39 is 0 Å². The number of aryl methyl sites for hydroxylation is 1. The fourth-order valence-corrected chi connectivity index (χ4v) is 2.81. The van der Waals surface area contributed by atoms with Gasteiger partial charge in [0.25, 0.3) is 0 Å². The molecule has 0 bridgehead atoms. The second-order valence-electron chi connectivity index (χ2n) is 4.58. The van der Waals surface area contributed by atoms with Crippen LogP contribution in [-0.2, 0) is 11.8 Å². The topological polar surface area (TPSA) is 72.9 Å². The van der Waals surface area contributed by atoms with Crippen molar-refractivity contribution in [1.29, 1.82) is 0 Å². The maximum absolute atomic E-state index is 11.8. The first kappa shape index (κ1) is 15.7. The van der Waals surface area contributed by atoms with E-state index in [2.05, 4.69) is 10.4 Å². The molecule has 0 aliphatic rings. The summed E-state index contributed by atoms with van der Waals surface area (Å²) in [6.07, 6.45) is 5.02. The van der Waals surface area contributed by atoms with Gasteiger partial charge in [0.1, 0.15) is 0 Å². The Morgan fingerprint density at radius 3 is 3.00 bits per heavy atom. The summed E-state index contributed by atoms with van der Waals surface area (Å²) < 4.78 is 1.76. The molecule has 0 fully saturated rings. The Kier molecular flexibility index (Phi) is 5.52. The fourth-order valence-electron chi connectivity index (χ4n) is 1.76. The zero-order valence-corrected chi connectivity index (χ0v) is 13.2. The van der Waals surface area contributed by atoms with Gasteiger partial charge in [0.2, 0.25) is 5.91 Å². The summed E-state index contributed by atoms with van der Waals surface area (Å²) in [6.45, 7) is 0. The maximum atomic E-state index is 11.8. The van der Waals surface area contributed by atoms with E-state index in [0.717, 1.165) is 17.1 Å². The Hall–Kier alpha value is -1.66. The van der Waals surface area contributed by atoms with Crippen LogP contribution < -0.4 is 11.1 Å². The Bertz CT molecular complexity index is 629. The van der Waals surface area contributed by atoms with Crippen LogP contribution in [0.15, 0.2) is 35.5 Å². The number of rotatable bonds is 6. The third-order valence-electron chi connectivity index (χ3n) is 2.79. The van der Waals surface area contributed by atoms with Gasteiger partial charge in [-0.1, -0.05) is 11.6 Å². The minimum atomic E-state index is -0.0455. The average Bonchev–Trinajstić information content (AvgIpc) is 2.84. The lowest BCUT2D eigenvalue weighted by molar-refractivity contribution is -0.116. The van der Waals surface area contributed by atoms with Crippen LogP contribution in [0.5, 0.6) is 0 Å². The van der Waals surface area contributed by atoms with E-state index in [0.29, 0.717) is 22.8 Å². The highest BCUT2D eigenvalue weighted by Gasteiger charge is 2.06. The van der Waals surface area contributed by atoms with Crippen molar-refractivity contribution in [3.63, 3.8) is 0 Å². The Balaban J connectivity index is 1.72. The van der Waals surface area contributed by atoms with E-state index in [4.69, 9.17) is 17.3 Å². The number of carbonyl (C=O) groups excluding carboxylic acids is 1. The molecule has 5 nitrogen and oxygen atoms in total. The number of amides is 1. The summed E-state index contributed by atoms with van der Waals surface area (Å²) in [5, 5.41) is 7.44. The normalized spacial score (nSPS) is 10.6. The molecule has 3 N–H and O–H groups in total. The monoisotopic (exact) mass is 324 g/mol. The number of aromatic nitrogens is 2. The second kappa shape index (κ2) is 7.38. The molecule has 1 heterocycles. The SMILES string of the molecule is Cn1cc(SCCCC(=O)Nc2ccc(Cl)cc2N)cn1. The number of hydrogen-bond donors (Lipinski definition) is 2. The number of thioether (sulfide) groups is 1. The van der Waals surface area contributed by atoms with Crippen LogP contribution in [0, 0.1) is 0 Å². The first-order valence-electron chi connectivity index (χ1n) is 6.51. The number of halogens is 1. The molecule has 112 valence electrons. The van der Waals surface area contributed by atoms with Crippen molar-refractivity contribution in [3.8, 4) is 0 Å². The molecule has 0 spiro atoms. The van der Waals surface area contributed by atoms with Crippen LogP contribution in [0.25, 0.3) is 0 Å². The van der Waals surface area contributed by atoms with Gasteiger partial charge >= 0.3 is 0 Å². The number of hydrogen-bond acceptors (Lipinski definition) is 4. The van der Waals surface area contributed by atoms with E-state index in [1.807, 2.05) is 19.4 Å². The van der Waals surface area contributed by atoms with Gasteiger partial charge in [0, 0.05) is 29.6 Å². The van der Waals surface area contributed by atoms with E-state index in [-0.39, 0.29) is 5.91 Å².